The van der Waals surface area contributed by atoms with Crippen LogP contribution in [0.3, 0.4) is 0 Å². The minimum absolute atomic E-state index is 0.0379. The molecule has 2 aromatic rings. The lowest BCUT2D eigenvalue weighted by atomic mass is 9.95. The van der Waals surface area contributed by atoms with Crippen molar-refractivity contribution in [2.24, 2.45) is 11.7 Å². The summed E-state index contributed by atoms with van der Waals surface area (Å²) < 4.78 is 0. The van der Waals surface area contributed by atoms with Crippen LogP contribution in [0.15, 0.2) is 48.5 Å². The van der Waals surface area contributed by atoms with Crippen molar-refractivity contribution in [1.82, 2.24) is 0 Å². The van der Waals surface area contributed by atoms with Gasteiger partial charge in [0.1, 0.15) is 0 Å². The molecule has 0 heterocycles. The fourth-order valence-electron chi connectivity index (χ4n) is 2.78. The Balaban J connectivity index is 2.22. The second-order valence-corrected chi connectivity index (χ2v) is 6.01. The first-order valence-corrected chi connectivity index (χ1v) is 8.18. The third kappa shape index (κ3) is 4.58. The maximum Gasteiger partial charge on any atom is 0.0677 e. The normalized spacial score (nSPS) is 13.1. The smallest absolute Gasteiger partial charge is 0.0677 e. The molecular formula is C20H25N3. The first-order chi connectivity index (χ1) is 11.2. The summed E-state index contributed by atoms with van der Waals surface area (Å²) in [5.41, 5.74) is 10.2. The van der Waals surface area contributed by atoms with E-state index in [1.807, 2.05) is 12.1 Å². The summed E-state index contributed by atoms with van der Waals surface area (Å²) in [4.78, 5) is 0. The number of hydrogen-bond acceptors (Lipinski definition) is 3. The van der Waals surface area contributed by atoms with Gasteiger partial charge in [-0.15, -0.1) is 0 Å². The molecule has 0 aliphatic rings. The molecule has 0 aliphatic heterocycles. The number of aryl methyl sites for hydroxylation is 1. The van der Waals surface area contributed by atoms with Crippen molar-refractivity contribution in [2.75, 3.05) is 11.9 Å². The Labute approximate surface area is 139 Å². The van der Waals surface area contributed by atoms with Crippen LogP contribution < -0.4 is 11.1 Å². The van der Waals surface area contributed by atoms with E-state index in [0.29, 0.717) is 6.54 Å². The molecule has 23 heavy (non-hydrogen) atoms. The van der Waals surface area contributed by atoms with Gasteiger partial charge in [0, 0.05) is 17.3 Å². The van der Waals surface area contributed by atoms with Crippen molar-refractivity contribution in [3.05, 3.63) is 54.1 Å². The third-order valence-corrected chi connectivity index (χ3v) is 4.13. The van der Waals surface area contributed by atoms with E-state index in [9.17, 15) is 5.26 Å². The lowest BCUT2D eigenvalue weighted by Crippen LogP contribution is -2.25. The first-order valence-electron chi connectivity index (χ1n) is 8.18. The lowest BCUT2D eigenvalue weighted by molar-refractivity contribution is 0.518. The second kappa shape index (κ2) is 8.36. The highest BCUT2D eigenvalue weighted by Gasteiger charge is 2.17. The molecule has 2 aromatic carbocycles. The number of nitriles is 1. The van der Waals surface area contributed by atoms with Crippen molar-refractivity contribution in [2.45, 2.75) is 32.7 Å². The number of para-hydroxylation sites is 1. The van der Waals surface area contributed by atoms with Gasteiger partial charge in [-0.2, -0.15) is 5.26 Å². The molecule has 2 unspecified atom stereocenters. The molecule has 0 saturated carbocycles. The Kier molecular flexibility index (Phi) is 6.19. The van der Waals surface area contributed by atoms with Gasteiger partial charge in [0.15, 0.2) is 0 Å². The van der Waals surface area contributed by atoms with E-state index in [2.05, 4.69) is 61.6 Å². The van der Waals surface area contributed by atoms with E-state index < -0.39 is 0 Å². The molecule has 0 aromatic heterocycles. The monoisotopic (exact) mass is 307 g/mol. The summed E-state index contributed by atoms with van der Waals surface area (Å²) in [6.45, 7) is 4.79. The summed E-state index contributed by atoms with van der Waals surface area (Å²) in [5, 5.41) is 12.9. The molecule has 0 spiro atoms. The van der Waals surface area contributed by atoms with Gasteiger partial charge in [0.25, 0.3) is 0 Å². The van der Waals surface area contributed by atoms with E-state index in [-0.39, 0.29) is 12.0 Å². The van der Waals surface area contributed by atoms with Gasteiger partial charge < -0.3 is 11.1 Å². The Bertz CT molecular complexity index is 673. The van der Waals surface area contributed by atoms with Crippen LogP contribution in [-0.4, -0.2) is 12.6 Å². The van der Waals surface area contributed by atoms with Crippen molar-refractivity contribution in [3.63, 3.8) is 0 Å². The molecule has 0 fully saturated rings. The lowest BCUT2D eigenvalue weighted by Gasteiger charge is -2.22. The minimum atomic E-state index is -0.0379. The molecule has 0 amide bonds. The van der Waals surface area contributed by atoms with Gasteiger partial charge in [-0.3, -0.25) is 0 Å². The van der Waals surface area contributed by atoms with Crippen LogP contribution in [0.1, 0.15) is 25.3 Å². The number of benzene rings is 2. The summed E-state index contributed by atoms with van der Waals surface area (Å²) in [7, 11) is 0. The third-order valence-electron chi connectivity index (χ3n) is 4.13. The zero-order chi connectivity index (χ0) is 16.7. The molecule has 0 bridgehead atoms. The number of nitrogens with zero attached hydrogens (tertiary/aromatic N) is 1. The van der Waals surface area contributed by atoms with Crippen LogP contribution in [0.2, 0.25) is 0 Å². The number of rotatable bonds is 7. The summed E-state index contributed by atoms with van der Waals surface area (Å²) in [6, 6.07) is 19.2. The molecule has 0 radical (unpaired) electrons. The van der Waals surface area contributed by atoms with E-state index in [1.54, 1.807) is 0 Å². The van der Waals surface area contributed by atoms with Gasteiger partial charge in [-0.05, 0) is 44.9 Å². The van der Waals surface area contributed by atoms with Crippen LogP contribution >= 0.6 is 0 Å². The Morgan fingerprint density at radius 2 is 1.96 bits per heavy atom. The molecule has 0 aliphatic carbocycles. The average molecular weight is 307 g/mol. The highest BCUT2D eigenvalue weighted by molar-refractivity contribution is 5.78. The summed E-state index contributed by atoms with van der Waals surface area (Å²) >= 11 is 0. The van der Waals surface area contributed by atoms with Crippen LogP contribution in [0.5, 0.6) is 0 Å². The number of anilines is 1. The Hall–Kier alpha value is -2.31. The predicted molar refractivity (Wildman–Crippen MR) is 97.1 cm³/mol. The number of hydrogen-bond donors (Lipinski definition) is 2. The number of nitrogens with two attached hydrogens (primary N) is 1. The maximum atomic E-state index is 9.39. The van der Waals surface area contributed by atoms with E-state index in [1.165, 1.54) is 16.7 Å². The van der Waals surface area contributed by atoms with Crippen molar-refractivity contribution < 1.29 is 0 Å². The van der Waals surface area contributed by atoms with Gasteiger partial charge in [0.05, 0.1) is 12.0 Å². The van der Waals surface area contributed by atoms with Crippen molar-refractivity contribution >= 4 is 5.69 Å². The van der Waals surface area contributed by atoms with Crippen molar-refractivity contribution in [1.29, 1.82) is 5.26 Å². The highest BCUT2D eigenvalue weighted by Crippen LogP contribution is 2.29. The molecule has 3 heteroatoms. The standard InChI is InChI=1S/C20H25N3/c1-15-7-5-8-17(13-15)19-10-3-4-11-20(19)23-16(2)18(14-22)9-6-12-21/h3-5,7-8,10-11,13,16,18,23H,6,9,12,21H2,1-2H3. The average Bonchev–Trinajstić information content (AvgIpc) is 2.56. The fraction of sp³-hybridized carbons (Fsp3) is 0.350. The van der Waals surface area contributed by atoms with Crippen LogP contribution in [0.4, 0.5) is 5.69 Å². The van der Waals surface area contributed by atoms with E-state index in [0.717, 1.165) is 18.5 Å². The van der Waals surface area contributed by atoms with Crippen LogP contribution in [0.25, 0.3) is 11.1 Å². The molecular weight excluding hydrogens is 282 g/mol. The Morgan fingerprint density at radius 3 is 2.65 bits per heavy atom. The van der Waals surface area contributed by atoms with Gasteiger partial charge in [-0.1, -0.05) is 48.0 Å². The fourth-order valence-corrected chi connectivity index (χ4v) is 2.78. The van der Waals surface area contributed by atoms with E-state index in [4.69, 9.17) is 5.73 Å². The quantitative estimate of drug-likeness (QED) is 0.799. The van der Waals surface area contributed by atoms with Gasteiger partial charge >= 0.3 is 0 Å². The molecule has 0 saturated heterocycles. The predicted octanol–water partition coefficient (Wildman–Crippen LogP) is 4.34. The van der Waals surface area contributed by atoms with Crippen molar-refractivity contribution in [3.8, 4) is 17.2 Å². The van der Waals surface area contributed by atoms with Gasteiger partial charge in [0.2, 0.25) is 0 Å². The maximum absolute atomic E-state index is 9.39. The Morgan fingerprint density at radius 1 is 1.17 bits per heavy atom. The molecule has 3 nitrogen and oxygen atoms in total. The largest absolute Gasteiger partial charge is 0.381 e. The zero-order valence-corrected chi connectivity index (χ0v) is 13.9. The van der Waals surface area contributed by atoms with Crippen LogP contribution in [-0.2, 0) is 0 Å². The SMILES string of the molecule is Cc1cccc(-c2ccccc2NC(C)C(C#N)CCCN)c1. The molecule has 2 rings (SSSR count). The number of nitrogens with one attached hydrogen (secondary N) is 1. The molecule has 120 valence electrons. The van der Waals surface area contributed by atoms with Crippen LogP contribution in [0, 0.1) is 24.2 Å². The van der Waals surface area contributed by atoms with Gasteiger partial charge in [-0.25, -0.2) is 0 Å². The zero-order valence-electron chi connectivity index (χ0n) is 13.9. The first kappa shape index (κ1) is 17.1. The summed E-state index contributed by atoms with van der Waals surface area (Å²) in [5.74, 6) is -0.0379. The molecule has 2 atom stereocenters. The summed E-state index contributed by atoms with van der Waals surface area (Å²) in [6.07, 6.45) is 1.71. The van der Waals surface area contributed by atoms with E-state index >= 15 is 0 Å². The second-order valence-electron chi connectivity index (χ2n) is 6.01. The topological polar surface area (TPSA) is 61.8 Å². The highest BCUT2D eigenvalue weighted by atomic mass is 14.9. The molecule has 3 N–H and O–H groups in total. The minimum Gasteiger partial charge on any atom is -0.381 e.